The number of hydrogen-bond donors (Lipinski definition) is 1. The molecule has 1 aromatic carbocycles. The molecule has 0 amide bonds. The van der Waals surface area contributed by atoms with Crippen LogP contribution in [0, 0.1) is 0 Å². The average molecular weight is 331 g/mol. The molecular formula is C13H10BrF3N2. The van der Waals surface area contributed by atoms with Crippen LogP contribution in [-0.2, 0) is 6.18 Å². The first kappa shape index (κ1) is 14.0. The van der Waals surface area contributed by atoms with Crippen LogP contribution in [-0.4, -0.2) is 4.98 Å². The lowest BCUT2D eigenvalue weighted by atomic mass is 9.97. The molecule has 1 aromatic heterocycles. The van der Waals surface area contributed by atoms with E-state index in [1.807, 2.05) is 0 Å². The first-order chi connectivity index (χ1) is 8.89. The molecule has 2 rings (SSSR count). The highest BCUT2D eigenvalue weighted by Gasteiger charge is 2.34. The topological polar surface area (TPSA) is 38.9 Å². The first-order valence-corrected chi connectivity index (χ1v) is 6.21. The molecule has 1 unspecified atom stereocenters. The Morgan fingerprint density at radius 1 is 1.21 bits per heavy atom. The monoisotopic (exact) mass is 330 g/mol. The molecule has 0 fully saturated rings. The zero-order chi connectivity index (χ0) is 14.0. The van der Waals surface area contributed by atoms with Gasteiger partial charge in [-0.05, 0) is 23.8 Å². The summed E-state index contributed by atoms with van der Waals surface area (Å²) in [5, 5.41) is 0. The summed E-state index contributed by atoms with van der Waals surface area (Å²) < 4.78 is 39.5. The fraction of sp³-hybridized carbons (Fsp3) is 0.154. The predicted molar refractivity (Wildman–Crippen MR) is 69.4 cm³/mol. The van der Waals surface area contributed by atoms with Crippen molar-refractivity contribution in [2.24, 2.45) is 5.73 Å². The quantitative estimate of drug-likeness (QED) is 0.906. The summed E-state index contributed by atoms with van der Waals surface area (Å²) in [7, 11) is 0. The lowest BCUT2D eigenvalue weighted by molar-refractivity contribution is -0.138. The van der Waals surface area contributed by atoms with E-state index >= 15 is 0 Å². The Kier molecular flexibility index (Phi) is 3.91. The van der Waals surface area contributed by atoms with Crippen LogP contribution in [0.5, 0.6) is 0 Å². The molecule has 0 bridgehead atoms. The minimum atomic E-state index is -4.44. The number of pyridine rings is 1. The third-order valence-corrected chi connectivity index (χ3v) is 3.19. The largest absolute Gasteiger partial charge is 0.416 e. The molecule has 100 valence electrons. The van der Waals surface area contributed by atoms with Crippen molar-refractivity contribution < 1.29 is 13.2 Å². The van der Waals surface area contributed by atoms with Gasteiger partial charge in [-0.25, -0.2) is 0 Å². The summed E-state index contributed by atoms with van der Waals surface area (Å²) in [4.78, 5) is 3.74. The van der Waals surface area contributed by atoms with E-state index in [1.54, 1.807) is 24.3 Å². The number of hydrogen-bond acceptors (Lipinski definition) is 2. The number of benzene rings is 1. The van der Waals surface area contributed by atoms with E-state index in [2.05, 4.69) is 20.9 Å². The summed E-state index contributed by atoms with van der Waals surface area (Å²) in [5.74, 6) is 0. The third kappa shape index (κ3) is 3.13. The first-order valence-electron chi connectivity index (χ1n) is 5.42. The van der Waals surface area contributed by atoms with Gasteiger partial charge < -0.3 is 5.73 Å². The fourth-order valence-corrected chi connectivity index (χ4v) is 2.21. The summed E-state index contributed by atoms with van der Waals surface area (Å²) in [6.45, 7) is 0. The highest BCUT2D eigenvalue weighted by Crippen LogP contribution is 2.35. The van der Waals surface area contributed by atoms with Gasteiger partial charge in [-0.1, -0.05) is 28.1 Å². The van der Waals surface area contributed by atoms with Crippen molar-refractivity contribution in [2.45, 2.75) is 12.2 Å². The van der Waals surface area contributed by atoms with Crippen LogP contribution in [0.2, 0.25) is 0 Å². The molecule has 2 nitrogen and oxygen atoms in total. The Morgan fingerprint density at radius 3 is 2.58 bits per heavy atom. The van der Waals surface area contributed by atoms with E-state index in [0.717, 1.165) is 22.9 Å². The minimum absolute atomic E-state index is 0.0342. The van der Waals surface area contributed by atoms with Gasteiger partial charge in [0.05, 0.1) is 11.6 Å². The van der Waals surface area contributed by atoms with E-state index in [9.17, 15) is 13.2 Å². The molecule has 1 heterocycles. The lowest BCUT2D eigenvalue weighted by Crippen LogP contribution is -2.18. The average Bonchev–Trinajstić information content (AvgIpc) is 2.37. The molecular weight excluding hydrogens is 321 g/mol. The van der Waals surface area contributed by atoms with E-state index < -0.39 is 17.8 Å². The van der Waals surface area contributed by atoms with Crippen molar-refractivity contribution in [3.8, 4) is 0 Å². The van der Waals surface area contributed by atoms with Crippen molar-refractivity contribution in [3.63, 3.8) is 0 Å². The lowest BCUT2D eigenvalue weighted by Gasteiger charge is -2.18. The molecule has 2 aromatic rings. The smallest absolute Gasteiger partial charge is 0.320 e. The summed E-state index contributed by atoms with van der Waals surface area (Å²) >= 11 is 3.27. The standard InChI is InChI=1S/C13H10BrF3N2/c14-9-3-1-2-8(6-9)12(18)10-7-19-5-4-11(10)13(15,16)17/h1-7,12H,18H2. The van der Waals surface area contributed by atoms with E-state index in [-0.39, 0.29) is 5.56 Å². The van der Waals surface area contributed by atoms with Gasteiger partial charge in [0.15, 0.2) is 0 Å². The molecule has 6 heteroatoms. The van der Waals surface area contributed by atoms with Crippen LogP contribution in [0.15, 0.2) is 47.2 Å². The molecule has 19 heavy (non-hydrogen) atoms. The maximum atomic E-state index is 12.9. The van der Waals surface area contributed by atoms with Crippen LogP contribution in [0.1, 0.15) is 22.7 Å². The second-order valence-corrected chi connectivity index (χ2v) is 4.91. The third-order valence-electron chi connectivity index (χ3n) is 2.70. The van der Waals surface area contributed by atoms with Gasteiger partial charge in [-0.15, -0.1) is 0 Å². The number of nitrogens with zero attached hydrogens (tertiary/aromatic N) is 1. The van der Waals surface area contributed by atoms with Gasteiger partial charge in [0.1, 0.15) is 0 Å². The number of alkyl halides is 3. The Bertz CT molecular complexity index is 584. The SMILES string of the molecule is NC(c1cccc(Br)c1)c1cnccc1C(F)(F)F. The zero-order valence-electron chi connectivity index (χ0n) is 9.66. The van der Waals surface area contributed by atoms with Crippen molar-refractivity contribution in [1.82, 2.24) is 4.98 Å². The number of halogens is 4. The minimum Gasteiger partial charge on any atom is -0.320 e. The fourth-order valence-electron chi connectivity index (χ4n) is 1.79. The maximum Gasteiger partial charge on any atom is 0.416 e. The van der Waals surface area contributed by atoms with Crippen LogP contribution in [0.4, 0.5) is 13.2 Å². The number of nitrogens with two attached hydrogens (primary N) is 1. The normalized spacial score (nSPS) is 13.3. The summed E-state index contributed by atoms with van der Waals surface area (Å²) in [6, 6.07) is 6.95. The van der Waals surface area contributed by atoms with Crippen molar-refractivity contribution in [1.29, 1.82) is 0 Å². The molecule has 0 aliphatic carbocycles. The van der Waals surface area contributed by atoms with Gasteiger partial charge in [0.25, 0.3) is 0 Å². The predicted octanol–water partition coefficient (Wildman–Crippen LogP) is 3.91. The molecule has 1 atom stereocenters. The van der Waals surface area contributed by atoms with Crippen LogP contribution in [0.3, 0.4) is 0 Å². The maximum absolute atomic E-state index is 12.9. The number of rotatable bonds is 2. The molecule has 0 aliphatic heterocycles. The Balaban J connectivity index is 2.48. The van der Waals surface area contributed by atoms with Crippen LogP contribution >= 0.6 is 15.9 Å². The molecule has 0 spiro atoms. The van der Waals surface area contributed by atoms with Gasteiger partial charge >= 0.3 is 6.18 Å². The second kappa shape index (κ2) is 5.30. The molecule has 0 saturated carbocycles. The number of aromatic nitrogens is 1. The molecule has 0 aliphatic rings. The van der Waals surface area contributed by atoms with Gasteiger partial charge in [-0.2, -0.15) is 13.2 Å². The molecule has 0 radical (unpaired) electrons. The Morgan fingerprint density at radius 2 is 1.95 bits per heavy atom. The second-order valence-electron chi connectivity index (χ2n) is 3.99. The van der Waals surface area contributed by atoms with Crippen molar-refractivity contribution in [3.05, 3.63) is 63.9 Å². The summed E-state index contributed by atoms with van der Waals surface area (Å²) in [5.41, 5.74) is 5.72. The highest BCUT2D eigenvalue weighted by atomic mass is 79.9. The zero-order valence-corrected chi connectivity index (χ0v) is 11.2. The van der Waals surface area contributed by atoms with Crippen molar-refractivity contribution >= 4 is 15.9 Å². The van der Waals surface area contributed by atoms with E-state index in [0.29, 0.717) is 5.56 Å². The van der Waals surface area contributed by atoms with Gasteiger partial charge in [0.2, 0.25) is 0 Å². The van der Waals surface area contributed by atoms with E-state index in [4.69, 9.17) is 5.73 Å². The molecule has 0 saturated heterocycles. The highest BCUT2D eigenvalue weighted by molar-refractivity contribution is 9.10. The van der Waals surface area contributed by atoms with Crippen LogP contribution in [0.25, 0.3) is 0 Å². The van der Waals surface area contributed by atoms with Crippen molar-refractivity contribution in [2.75, 3.05) is 0 Å². The Hall–Kier alpha value is -1.40. The van der Waals surface area contributed by atoms with E-state index in [1.165, 1.54) is 0 Å². The van der Waals surface area contributed by atoms with Gasteiger partial charge in [0, 0.05) is 22.4 Å². The summed E-state index contributed by atoms with van der Waals surface area (Å²) in [6.07, 6.45) is -2.17. The van der Waals surface area contributed by atoms with Gasteiger partial charge in [-0.3, -0.25) is 4.98 Å². The Labute approximate surface area is 116 Å². The van der Waals surface area contributed by atoms with Crippen LogP contribution < -0.4 is 5.73 Å². The molecule has 2 N–H and O–H groups in total.